The van der Waals surface area contributed by atoms with Gasteiger partial charge in [0.1, 0.15) is 17.2 Å². The second-order valence-corrected chi connectivity index (χ2v) is 4.32. The number of halogens is 1. The summed E-state index contributed by atoms with van der Waals surface area (Å²) < 4.78 is 5.92. The van der Waals surface area contributed by atoms with Crippen LogP contribution < -0.4 is 5.73 Å². The lowest BCUT2D eigenvalue weighted by atomic mass is 10.3. The average molecular weight is 307 g/mol. The number of pyridine rings is 1. The van der Waals surface area contributed by atoms with Crippen LogP contribution in [0.4, 0.5) is 5.82 Å². The Morgan fingerprint density at radius 2 is 2.28 bits per heavy atom. The first-order valence-electron chi connectivity index (χ1n) is 5.00. The van der Waals surface area contributed by atoms with Crippen LogP contribution >= 0.6 is 15.9 Å². The number of nitrogen functional groups attached to an aromatic ring is 1. The molecule has 0 aliphatic rings. The number of aromatic amines is 1. The monoisotopic (exact) mass is 306 g/mol. The summed E-state index contributed by atoms with van der Waals surface area (Å²) >= 11 is 3.38. The molecule has 0 aliphatic carbocycles. The van der Waals surface area contributed by atoms with Crippen molar-refractivity contribution in [3.63, 3.8) is 0 Å². The minimum Gasteiger partial charge on any atom is -0.382 e. The van der Waals surface area contributed by atoms with Gasteiger partial charge in [-0.15, -0.1) is 0 Å². The molecule has 3 N–H and O–H groups in total. The van der Waals surface area contributed by atoms with Gasteiger partial charge in [-0.3, -0.25) is 10.1 Å². The molecule has 90 valence electrons. The molecule has 3 aromatic heterocycles. The van der Waals surface area contributed by atoms with Crippen LogP contribution in [-0.2, 0) is 0 Å². The topological polar surface area (TPSA) is 107 Å². The Morgan fingerprint density at radius 3 is 3.00 bits per heavy atom. The molecule has 0 unspecified atom stereocenters. The summed E-state index contributed by atoms with van der Waals surface area (Å²) in [4.78, 5) is 8.41. The number of hydrogen-bond donors (Lipinski definition) is 2. The Hall–Kier alpha value is -2.22. The molecule has 3 rings (SSSR count). The number of aromatic nitrogens is 5. The second kappa shape index (κ2) is 4.22. The zero-order valence-corrected chi connectivity index (χ0v) is 10.5. The summed E-state index contributed by atoms with van der Waals surface area (Å²) in [6.45, 7) is 0. The maximum atomic E-state index is 5.51. The minimum absolute atomic E-state index is 0.312. The third-order valence-electron chi connectivity index (χ3n) is 2.22. The normalized spacial score (nSPS) is 10.7. The van der Waals surface area contributed by atoms with Crippen molar-refractivity contribution in [3.05, 3.63) is 28.9 Å². The van der Waals surface area contributed by atoms with E-state index in [-0.39, 0.29) is 0 Å². The fourth-order valence-electron chi connectivity index (χ4n) is 1.43. The lowest BCUT2D eigenvalue weighted by Crippen LogP contribution is -1.86. The van der Waals surface area contributed by atoms with Gasteiger partial charge in [0.2, 0.25) is 5.82 Å². The molecule has 0 bridgehead atoms. The highest BCUT2D eigenvalue weighted by Gasteiger charge is 2.15. The van der Waals surface area contributed by atoms with Crippen molar-refractivity contribution in [2.24, 2.45) is 0 Å². The van der Waals surface area contributed by atoms with E-state index in [1.807, 2.05) is 12.1 Å². The largest absolute Gasteiger partial charge is 0.382 e. The van der Waals surface area contributed by atoms with E-state index in [2.05, 4.69) is 41.3 Å². The van der Waals surface area contributed by atoms with Gasteiger partial charge < -0.3 is 10.3 Å². The maximum Gasteiger partial charge on any atom is 0.276 e. The highest BCUT2D eigenvalue weighted by atomic mass is 79.9. The van der Waals surface area contributed by atoms with Gasteiger partial charge in [0.25, 0.3) is 5.89 Å². The first kappa shape index (κ1) is 10.9. The summed E-state index contributed by atoms with van der Waals surface area (Å²) in [5.74, 6) is 1.07. The van der Waals surface area contributed by atoms with E-state index in [4.69, 9.17) is 10.3 Å². The number of anilines is 1. The van der Waals surface area contributed by atoms with Crippen molar-refractivity contribution in [1.82, 2.24) is 25.3 Å². The van der Waals surface area contributed by atoms with Crippen LogP contribution in [0.1, 0.15) is 0 Å². The Labute approximate surface area is 110 Å². The maximum absolute atomic E-state index is 5.51. The summed E-state index contributed by atoms with van der Waals surface area (Å²) in [7, 11) is 0. The number of rotatable bonds is 2. The molecule has 0 radical (unpaired) electrons. The third kappa shape index (κ3) is 1.86. The lowest BCUT2D eigenvalue weighted by Gasteiger charge is -1.94. The van der Waals surface area contributed by atoms with Crippen molar-refractivity contribution < 1.29 is 4.52 Å². The number of hydrogen-bond acceptors (Lipinski definition) is 6. The van der Waals surface area contributed by atoms with Crippen molar-refractivity contribution in [2.45, 2.75) is 0 Å². The number of nitrogens with two attached hydrogens (primary N) is 1. The Bertz CT molecular complexity index is 691. The van der Waals surface area contributed by atoms with Gasteiger partial charge in [-0.2, -0.15) is 10.1 Å². The lowest BCUT2D eigenvalue weighted by molar-refractivity contribution is 0.430. The minimum atomic E-state index is 0.312. The Morgan fingerprint density at radius 1 is 1.39 bits per heavy atom. The van der Waals surface area contributed by atoms with E-state index in [1.54, 1.807) is 12.3 Å². The smallest absolute Gasteiger partial charge is 0.276 e. The standard InChI is InChI=1S/C10H7BrN6O/c11-5-2-1-3-13-8(5)9-14-10(18-17-9)6-4-7(12)16-15-6/h1-4H,(H3,12,15,16). The zero-order chi connectivity index (χ0) is 12.5. The van der Waals surface area contributed by atoms with Crippen LogP contribution in [0.25, 0.3) is 23.1 Å². The molecule has 0 spiro atoms. The molecule has 0 fully saturated rings. The van der Waals surface area contributed by atoms with Gasteiger partial charge in [0, 0.05) is 16.7 Å². The molecule has 0 aromatic carbocycles. The highest BCUT2D eigenvalue weighted by Crippen LogP contribution is 2.25. The van der Waals surface area contributed by atoms with E-state index < -0.39 is 0 Å². The molecule has 8 heteroatoms. The number of nitrogens with zero attached hydrogens (tertiary/aromatic N) is 4. The summed E-state index contributed by atoms with van der Waals surface area (Å²) in [5, 5.41) is 10.4. The van der Waals surface area contributed by atoms with Gasteiger partial charge in [-0.05, 0) is 28.1 Å². The van der Waals surface area contributed by atoms with E-state index in [0.29, 0.717) is 28.9 Å². The van der Waals surface area contributed by atoms with Gasteiger partial charge in [-0.25, -0.2) is 0 Å². The van der Waals surface area contributed by atoms with Crippen LogP contribution in [0.5, 0.6) is 0 Å². The summed E-state index contributed by atoms with van der Waals surface area (Å²) in [6.07, 6.45) is 1.66. The van der Waals surface area contributed by atoms with Gasteiger partial charge in [0.15, 0.2) is 0 Å². The van der Waals surface area contributed by atoms with Crippen molar-refractivity contribution in [1.29, 1.82) is 0 Å². The molecule has 0 saturated heterocycles. The first-order chi connectivity index (χ1) is 8.74. The molecule has 7 nitrogen and oxygen atoms in total. The first-order valence-corrected chi connectivity index (χ1v) is 5.79. The van der Waals surface area contributed by atoms with Crippen LogP contribution in [0.3, 0.4) is 0 Å². The van der Waals surface area contributed by atoms with Crippen molar-refractivity contribution >= 4 is 21.7 Å². The van der Waals surface area contributed by atoms with Crippen molar-refractivity contribution in [2.75, 3.05) is 5.73 Å². The fourth-order valence-corrected chi connectivity index (χ4v) is 1.86. The quantitative estimate of drug-likeness (QED) is 0.748. The molecular weight excluding hydrogens is 300 g/mol. The van der Waals surface area contributed by atoms with Crippen LogP contribution in [0.2, 0.25) is 0 Å². The summed E-state index contributed by atoms with van der Waals surface area (Å²) in [5.41, 5.74) is 6.68. The second-order valence-electron chi connectivity index (χ2n) is 3.46. The SMILES string of the molecule is Nc1cc(-c2nc(-c3ncccc3Br)no2)[nH]n1. The molecule has 3 heterocycles. The Balaban J connectivity index is 2.02. The van der Waals surface area contributed by atoms with E-state index in [0.717, 1.165) is 4.47 Å². The predicted molar refractivity (Wildman–Crippen MR) is 67.2 cm³/mol. The molecule has 0 saturated carbocycles. The van der Waals surface area contributed by atoms with Gasteiger partial charge in [-0.1, -0.05) is 5.16 Å². The fraction of sp³-hybridized carbons (Fsp3) is 0. The molecular formula is C10H7BrN6O. The van der Waals surface area contributed by atoms with Crippen LogP contribution in [0, 0.1) is 0 Å². The van der Waals surface area contributed by atoms with Crippen molar-refractivity contribution in [3.8, 4) is 23.1 Å². The third-order valence-corrected chi connectivity index (χ3v) is 2.86. The van der Waals surface area contributed by atoms with Gasteiger partial charge in [0.05, 0.1) is 0 Å². The molecule has 18 heavy (non-hydrogen) atoms. The van der Waals surface area contributed by atoms with Crippen LogP contribution in [-0.4, -0.2) is 25.3 Å². The zero-order valence-electron chi connectivity index (χ0n) is 8.96. The van der Waals surface area contributed by atoms with Gasteiger partial charge >= 0.3 is 0 Å². The highest BCUT2D eigenvalue weighted by molar-refractivity contribution is 9.10. The van der Waals surface area contributed by atoms with Crippen LogP contribution in [0.15, 0.2) is 33.4 Å². The Kier molecular flexibility index (Phi) is 2.56. The molecule has 3 aromatic rings. The van der Waals surface area contributed by atoms with E-state index in [9.17, 15) is 0 Å². The molecule has 0 amide bonds. The molecule has 0 aliphatic heterocycles. The molecule has 0 atom stereocenters. The van der Waals surface area contributed by atoms with E-state index >= 15 is 0 Å². The number of H-pyrrole nitrogens is 1. The average Bonchev–Trinajstić information content (AvgIpc) is 2.98. The van der Waals surface area contributed by atoms with E-state index in [1.165, 1.54) is 0 Å². The predicted octanol–water partition coefficient (Wildman–Crippen LogP) is 1.87. The summed E-state index contributed by atoms with van der Waals surface area (Å²) in [6, 6.07) is 5.28. The number of nitrogens with one attached hydrogen (secondary N) is 1.